The monoisotopic (exact) mass is 383 g/mol. The van der Waals surface area contributed by atoms with E-state index in [9.17, 15) is 4.79 Å². The summed E-state index contributed by atoms with van der Waals surface area (Å²) in [5.41, 5.74) is 2.78. The van der Waals surface area contributed by atoms with Gasteiger partial charge in [0.05, 0.1) is 12.5 Å². The summed E-state index contributed by atoms with van der Waals surface area (Å²) in [5.74, 6) is 0.504. The van der Waals surface area contributed by atoms with Crippen molar-refractivity contribution in [2.24, 2.45) is 0 Å². The number of hydrogen-bond acceptors (Lipinski definition) is 4. The summed E-state index contributed by atoms with van der Waals surface area (Å²) in [6, 6.07) is 29.2. The van der Waals surface area contributed by atoms with Crippen molar-refractivity contribution in [3.63, 3.8) is 0 Å². The van der Waals surface area contributed by atoms with Crippen LogP contribution in [0, 0.1) is 0 Å². The van der Waals surface area contributed by atoms with Gasteiger partial charge in [0.15, 0.2) is 0 Å². The largest absolute Gasteiger partial charge is 0.337 e. The maximum Gasteiger partial charge on any atom is 0.246 e. The van der Waals surface area contributed by atoms with E-state index in [-0.39, 0.29) is 18.4 Å². The lowest BCUT2D eigenvalue weighted by atomic mass is 9.90. The highest BCUT2D eigenvalue weighted by molar-refractivity contribution is 5.87. The molecule has 3 aromatic carbocycles. The van der Waals surface area contributed by atoms with Crippen molar-refractivity contribution < 1.29 is 9.32 Å². The standard InChI is InChI=1S/C24H21N3O2/c1-27(17-21-25-23(26-29-21)20-15-9-4-10-16-20)24(28)22(18-11-5-2-6-12-18)19-13-7-3-8-14-19/h2-16,22H,17H2,1H3. The van der Waals surface area contributed by atoms with Crippen LogP contribution in [0.5, 0.6) is 0 Å². The topological polar surface area (TPSA) is 59.2 Å². The Balaban J connectivity index is 1.56. The molecule has 0 atom stereocenters. The molecule has 0 unspecified atom stereocenters. The first-order valence-electron chi connectivity index (χ1n) is 9.45. The van der Waals surface area contributed by atoms with E-state index in [1.165, 1.54) is 0 Å². The zero-order valence-corrected chi connectivity index (χ0v) is 16.1. The lowest BCUT2D eigenvalue weighted by molar-refractivity contribution is -0.131. The quantitative estimate of drug-likeness (QED) is 0.491. The van der Waals surface area contributed by atoms with Crippen LogP contribution in [0.1, 0.15) is 22.9 Å². The normalized spacial score (nSPS) is 10.8. The third kappa shape index (κ3) is 4.24. The molecule has 5 nitrogen and oxygen atoms in total. The summed E-state index contributed by atoms with van der Waals surface area (Å²) in [7, 11) is 1.76. The van der Waals surface area contributed by atoms with Crippen LogP contribution in [0.15, 0.2) is 95.5 Å². The van der Waals surface area contributed by atoms with E-state index in [0.717, 1.165) is 16.7 Å². The number of carbonyl (C=O) groups is 1. The van der Waals surface area contributed by atoms with Crippen LogP contribution in [0.2, 0.25) is 0 Å². The Kier molecular flexibility index (Phi) is 5.47. The number of aromatic nitrogens is 2. The lowest BCUT2D eigenvalue weighted by Gasteiger charge is -2.23. The summed E-state index contributed by atoms with van der Waals surface area (Å²) in [6.45, 7) is 0.245. The highest BCUT2D eigenvalue weighted by Crippen LogP contribution is 2.27. The Hall–Kier alpha value is -3.73. The van der Waals surface area contributed by atoms with Crippen LogP contribution < -0.4 is 0 Å². The predicted molar refractivity (Wildman–Crippen MR) is 111 cm³/mol. The second-order valence-electron chi connectivity index (χ2n) is 6.83. The van der Waals surface area contributed by atoms with Crippen LogP contribution in [-0.4, -0.2) is 28.0 Å². The number of amides is 1. The van der Waals surface area contributed by atoms with Crippen molar-refractivity contribution in [1.29, 1.82) is 0 Å². The first-order valence-corrected chi connectivity index (χ1v) is 9.45. The maximum absolute atomic E-state index is 13.4. The van der Waals surface area contributed by atoms with Gasteiger partial charge in [-0.1, -0.05) is 96.2 Å². The maximum atomic E-state index is 13.4. The second kappa shape index (κ2) is 8.52. The zero-order valence-electron chi connectivity index (χ0n) is 16.1. The van der Waals surface area contributed by atoms with E-state index in [4.69, 9.17) is 4.52 Å². The zero-order chi connectivity index (χ0) is 20.1. The smallest absolute Gasteiger partial charge is 0.246 e. The Morgan fingerprint density at radius 2 is 1.38 bits per heavy atom. The molecule has 0 aliphatic carbocycles. The van der Waals surface area contributed by atoms with E-state index >= 15 is 0 Å². The van der Waals surface area contributed by atoms with E-state index in [1.54, 1.807) is 11.9 Å². The Morgan fingerprint density at radius 1 is 0.862 bits per heavy atom. The first kappa shape index (κ1) is 18.6. The number of rotatable bonds is 6. The van der Waals surface area contributed by atoms with Crippen LogP contribution in [0.25, 0.3) is 11.4 Å². The molecule has 144 valence electrons. The summed E-state index contributed by atoms with van der Waals surface area (Å²) in [5, 5.41) is 4.04. The van der Waals surface area contributed by atoms with Gasteiger partial charge in [-0.25, -0.2) is 0 Å². The van der Waals surface area contributed by atoms with E-state index in [1.807, 2.05) is 91.0 Å². The van der Waals surface area contributed by atoms with Gasteiger partial charge in [0.1, 0.15) is 0 Å². The molecule has 0 saturated heterocycles. The molecule has 1 aromatic heterocycles. The highest BCUT2D eigenvalue weighted by atomic mass is 16.5. The molecule has 0 radical (unpaired) electrons. The van der Waals surface area contributed by atoms with Gasteiger partial charge in [-0.2, -0.15) is 4.98 Å². The van der Waals surface area contributed by atoms with Crippen molar-refractivity contribution >= 4 is 5.91 Å². The number of benzene rings is 3. The average molecular weight is 383 g/mol. The summed E-state index contributed by atoms with van der Waals surface area (Å²) in [6.07, 6.45) is 0. The third-order valence-electron chi connectivity index (χ3n) is 4.76. The van der Waals surface area contributed by atoms with Crippen LogP contribution in [-0.2, 0) is 11.3 Å². The fraction of sp³-hybridized carbons (Fsp3) is 0.125. The molecule has 4 aromatic rings. The van der Waals surface area contributed by atoms with E-state index in [2.05, 4.69) is 10.1 Å². The minimum absolute atomic E-state index is 0.0261. The fourth-order valence-corrected chi connectivity index (χ4v) is 3.29. The van der Waals surface area contributed by atoms with Gasteiger partial charge < -0.3 is 9.42 Å². The average Bonchev–Trinajstić information content (AvgIpc) is 3.24. The summed E-state index contributed by atoms with van der Waals surface area (Å²) < 4.78 is 5.38. The van der Waals surface area contributed by atoms with Gasteiger partial charge in [-0.3, -0.25) is 4.79 Å². The predicted octanol–water partition coefficient (Wildman–Crippen LogP) is 4.53. The van der Waals surface area contributed by atoms with Crippen molar-refractivity contribution in [1.82, 2.24) is 15.0 Å². The Morgan fingerprint density at radius 3 is 1.93 bits per heavy atom. The number of likely N-dealkylation sites (N-methyl/N-ethyl adjacent to an activating group) is 1. The van der Waals surface area contributed by atoms with Crippen LogP contribution in [0.4, 0.5) is 0 Å². The minimum atomic E-state index is -0.390. The van der Waals surface area contributed by atoms with Gasteiger partial charge >= 0.3 is 0 Å². The van der Waals surface area contributed by atoms with Crippen molar-refractivity contribution in [2.45, 2.75) is 12.5 Å². The van der Waals surface area contributed by atoms with Crippen molar-refractivity contribution in [2.75, 3.05) is 7.05 Å². The van der Waals surface area contributed by atoms with Gasteiger partial charge in [-0.05, 0) is 11.1 Å². The third-order valence-corrected chi connectivity index (χ3v) is 4.76. The highest BCUT2D eigenvalue weighted by Gasteiger charge is 2.26. The van der Waals surface area contributed by atoms with Gasteiger partial charge in [0.2, 0.25) is 17.6 Å². The van der Waals surface area contributed by atoms with Gasteiger partial charge in [-0.15, -0.1) is 0 Å². The first-order chi connectivity index (χ1) is 14.2. The van der Waals surface area contributed by atoms with Crippen LogP contribution >= 0.6 is 0 Å². The molecule has 29 heavy (non-hydrogen) atoms. The molecule has 0 aliphatic rings. The fourth-order valence-electron chi connectivity index (χ4n) is 3.29. The lowest BCUT2D eigenvalue weighted by Crippen LogP contribution is -2.32. The molecule has 5 heteroatoms. The van der Waals surface area contributed by atoms with Gasteiger partial charge in [0, 0.05) is 12.6 Å². The van der Waals surface area contributed by atoms with E-state index < -0.39 is 0 Å². The van der Waals surface area contributed by atoms with Crippen molar-refractivity contribution in [3.05, 3.63) is 108 Å². The molecule has 1 heterocycles. The van der Waals surface area contributed by atoms with Crippen molar-refractivity contribution in [3.8, 4) is 11.4 Å². The molecule has 4 rings (SSSR count). The molecule has 0 N–H and O–H groups in total. The molecular formula is C24H21N3O2. The molecular weight excluding hydrogens is 362 g/mol. The summed E-state index contributed by atoms with van der Waals surface area (Å²) >= 11 is 0. The number of carbonyl (C=O) groups excluding carboxylic acids is 1. The Labute approximate surface area is 169 Å². The van der Waals surface area contributed by atoms with Gasteiger partial charge in [0.25, 0.3) is 0 Å². The molecule has 0 fully saturated rings. The molecule has 0 aliphatic heterocycles. The Bertz CT molecular complexity index is 1020. The molecule has 0 saturated carbocycles. The molecule has 0 spiro atoms. The molecule has 0 bridgehead atoms. The number of nitrogens with zero attached hydrogens (tertiary/aromatic N) is 3. The molecule has 1 amide bonds. The summed E-state index contributed by atoms with van der Waals surface area (Å²) in [4.78, 5) is 19.4. The van der Waals surface area contributed by atoms with E-state index in [0.29, 0.717) is 11.7 Å². The SMILES string of the molecule is CN(Cc1nc(-c2ccccc2)no1)C(=O)C(c1ccccc1)c1ccccc1. The van der Waals surface area contributed by atoms with Crippen LogP contribution in [0.3, 0.4) is 0 Å². The minimum Gasteiger partial charge on any atom is -0.337 e. The second-order valence-corrected chi connectivity index (χ2v) is 6.83. The number of hydrogen-bond donors (Lipinski definition) is 0.